The highest BCUT2D eigenvalue weighted by molar-refractivity contribution is 5.10. The highest BCUT2D eigenvalue weighted by atomic mass is 15.2. The Bertz CT molecular complexity index is 555. The molecule has 4 heteroatoms. The molecule has 1 aliphatic heterocycles. The number of hydrogen-bond donors (Lipinski definition) is 0. The van der Waals surface area contributed by atoms with Crippen LogP contribution in [0.25, 0.3) is 0 Å². The Morgan fingerprint density at radius 3 is 2.90 bits per heavy atom. The van der Waals surface area contributed by atoms with E-state index in [1.807, 2.05) is 25.4 Å². The highest BCUT2D eigenvalue weighted by Gasteiger charge is 2.25. The van der Waals surface area contributed by atoms with Gasteiger partial charge in [-0.2, -0.15) is 0 Å². The first-order valence-electron chi connectivity index (χ1n) is 7.26. The Kier molecular flexibility index (Phi) is 4.02. The maximum Gasteiger partial charge on any atom is 0.125 e. The lowest BCUT2D eigenvalue weighted by atomic mass is 9.98. The summed E-state index contributed by atoms with van der Waals surface area (Å²) in [6.45, 7) is 3.97. The van der Waals surface area contributed by atoms with Crippen molar-refractivity contribution in [3.05, 3.63) is 53.9 Å². The van der Waals surface area contributed by atoms with Crippen LogP contribution < -0.4 is 0 Å². The summed E-state index contributed by atoms with van der Waals surface area (Å²) >= 11 is 0. The van der Waals surface area contributed by atoms with Gasteiger partial charge in [0.15, 0.2) is 0 Å². The normalized spacial score (nSPS) is 19.9. The zero-order valence-corrected chi connectivity index (χ0v) is 11.9. The Balaban J connectivity index is 1.80. The predicted octanol–water partition coefficient (Wildman–Crippen LogP) is 2.91. The van der Waals surface area contributed by atoms with Gasteiger partial charge in [-0.3, -0.25) is 9.88 Å². The van der Waals surface area contributed by atoms with E-state index < -0.39 is 0 Å². The molecule has 0 aliphatic carbocycles. The van der Waals surface area contributed by atoms with Gasteiger partial charge in [0.25, 0.3) is 0 Å². The van der Waals surface area contributed by atoms with Gasteiger partial charge in [-0.05, 0) is 44.5 Å². The summed E-state index contributed by atoms with van der Waals surface area (Å²) in [5, 5.41) is 0. The minimum absolute atomic E-state index is 0.396. The topological polar surface area (TPSA) is 41.9 Å². The van der Waals surface area contributed by atoms with Gasteiger partial charge in [-0.1, -0.05) is 12.5 Å². The highest BCUT2D eigenvalue weighted by Crippen LogP contribution is 2.30. The van der Waals surface area contributed by atoms with Gasteiger partial charge < -0.3 is 0 Å². The van der Waals surface area contributed by atoms with Gasteiger partial charge in [-0.25, -0.2) is 9.97 Å². The van der Waals surface area contributed by atoms with Crippen molar-refractivity contribution in [2.75, 3.05) is 6.54 Å². The van der Waals surface area contributed by atoms with Gasteiger partial charge in [0.05, 0.1) is 17.4 Å². The summed E-state index contributed by atoms with van der Waals surface area (Å²) < 4.78 is 0. The summed E-state index contributed by atoms with van der Waals surface area (Å²) in [5.74, 6) is 0.853. The van der Waals surface area contributed by atoms with Gasteiger partial charge in [-0.15, -0.1) is 0 Å². The first kappa shape index (κ1) is 13.2. The predicted molar refractivity (Wildman–Crippen MR) is 78.0 cm³/mol. The summed E-state index contributed by atoms with van der Waals surface area (Å²) in [5.41, 5.74) is 2.28. The quantitative estimate of drug-likeness (QED) is 0.858. The molecule has 0 aromatic carbocycles. The monoisotopic (exact) mass is 268 g/mol. The zero-order valence-electron chi connectivity index (χ0n) is 11.9. The number of aromatic nitrogens is 3. The lowest BCUT2D eigenvalue weighted by molar-refractivity contribution is 0.135. The minimum atomic E-state index is 0.396. The third-order valence-electron chi connectivity index (χ3n) is 3.84. The van der Waals surface area contributed by atoms with Crippen LogP contribution in [-0.4, -0.2) is 26.4 Å². The lowest BCUT2D eigenvalue weighted by Crippen LogP contribution is -2.33. The molecule has 1 fully saturated rings. The summed E-state index contributed by atoms with van der Waals surface area (Å²) in [6, 6.07) is 8.55. The molecule has 0 amide bonds. The molecule has 1 saturated heterocycles. The number of nitrogens with zero attached hydrogens (tertiary/aromatic N) is 4. The van der Waals surface area contributed by atoms with E-state index in [9.17, 15) is 0 Å². The molecule has 2 aromatic heterocycles. The maximum absolute atomic E-state index is 4.62. The SMILES string of the molecule is Cc1nccc(C2CCCCN2Cc2ccccn2)n1. The third-order valence-corrected chi connectivity index (χ3v) is 3.84. The summed E-state index contributed by atoms with van der Waals surface area (Å²) in [6.07, 6.45) is 7.43. The molecule has 0 bridgehead atoms. The van der Waals surface area contributed by atoms with Crippen LogP contribution in [0.5, 0.6) is 0 Å². The summed E-state index contributed by atoms with van der Waals surface area (Å²) in [7, 11) is 0. The van der Waals surface area contributed by atoms with E-state index in [1.54, 1.807) is 0 Å². The van der Waals surface area contributed by atoms with Gasteiger partial charge in [0, 0.05) is 18.9 Å². The van der Waals surface area contributed by atoms with E-state index in [-0.39, 0.29) is 0 Å². The molecule has 0 radical (unpaired) electrons. The van der Waals surface area contributed by atoms with E-state index in [1.165, 1.54) is 19.3 Å². The smallest absolute Gasteiger partial charge is 0.125 e. The maximum atomic E-state index is 4.62. The average Bonchev–Trinajstić information content (AvgIpc) is 2.49. The van der Waals surface area contributed by atoms with Crippen LogP contribution >= 0.6 is 0 Å². The fourth-order valence-electron chi connectivity index (χ4n) is 2.87. The molecule has 104 valence electrons. The number of hydrogen-bond acceptors (Lipinski definition) is 4. The van der Waals surface area contributed by atoms with Crippen molar-refractivity contribution in [3.63, 3.8) is 0 Å². The van der Waals surface area contributed by atoms with Gasteiger partial charge >= 0.3 is 0 Å². The third kappa shape index (κ3) is 3.02. The molecular weight excluding hydrogens is 248 g/mol. The van der Waals surface area contributed by atoms with E-state index in [0.717, 1.165) is 30.3 Å². The van der Waals surface area contributed by atoms with E-state index in [4.69, 9.17) is 0 Å². The first-order valence-corrected chi connectivity index (χ1v) is 7.26. The fraction of sp³-hybridized carbons (Fsp3) is 0.438. The molecule has 1 atom stereocenters. The Morgan fingerprint density at radius 1 is 1.15 bits per heavy atom. The van der Waals surface area contributed by atoms with Crippen LogP contribution in [0.1, 0.15) is 42.5 Å². The van der Waals surface area contributed by atoms with Crippen molar-refractivity contribution >= 4 is 0 Å². The molecule has 1 aliphatic rings. The van der Waals surface area contributed by atoms with Gasteiger partial charge in [0.1, 0.15) is 5.82 Å². The largest absolute Gasteiger partial charge is 0.289 e. The van der Waals surface area contributed by atoms with E-state index in [0.29, 0.717) is 6.04 Å². The van der Waals surface area contributed by atoms with Crippen molar-refractivity contribution in [3.8, 4) is 0 Å². The molecule has 0 N–H and O–H groups in total. The van der Waals surface area contributed by atoms with Gasteiger partial charge in [0.2, 0.25) is 0 Å². The summed E-state index contributed by atoms with van der Waals surface area (Å²) in [4.78, 5) is 15.8. The first-order chi connectivity index (χ1) is 9.83. The van der Waals surface area contributed by atoms with Crippen LogP contribution in [0, 0.1) is 6.92 Å². The molecule has 1 unspecified atom stereocenters. The Hall–Kier alpha value is -1.81. The average molecular weight is 268 g/mol. The van der Waals surface area contributed by atoms with Crippen LogP contribution in [0.15, 0.2) is 36.7 Å². The molecule has 4 nitrogen and oxygen atoms in total. The lowest BCUT2D eigenvalue weighted by Gasteiger charge is -2.35. The molecule has 2 aromatic rings. The van der Waals surface area contributed by atoms with Crippen LogP contribution in [0.2, 0.25) is 0 Å². The van der Waals surface area contributed by atoms with E-state index in [2.05, 4.69) is 38.1 Å². The molecule has 3 rings (SSSR count). The van der Waals surface area contributed by atoms with Crippen LogP contribution in [0.3, 0.4) is 0 Å². The number of pyridine rings is 1. The van der Waals surface area contributed by atoms with Crippen molar-refractivity contribution in [2.24, 2.45) is 0 Å². The van der Waals surface area contributed by atoms with Crippen LogP contribution in [0.4, 0.5) is 0 Å². The Labute approximate surface area is 119 Å². The van der Waals surface area contributed by atoms with Crippen molar-refractivity contribution < 1.29 is 0 Å². The second-order valence-corrected chi connectivity index (χ2v) is 5.33. The van der Waals surface area contributed by atoms with E-state index >= 15 is 0 Å². The van der Waals surface area contributed by atoms with Crippen molar-refractivity contribution in [1.82, 2.24) is 19.9 Å². The fourth-order valence-corrected chi connectivity index (χ4v) is 2.87. The molecular formula is C16H20N4. The number of rotatable bonds is 3. The second-order valence-electron chi connectivity index (χ2n) is 5.33. The van der Waals surface area contributed by atoms with Crippen LogP contribution in [-0.2, 0) is 6.54 Å². The molecule has 0 spiro atoms. The molecule has 20 heavy (non-hydrogen) atoms. The number of aryl methyl sites for hydroxylation is 1. The molecule has 3 heterocycles. The second kappa shape index (κ2) is 6.09. The van der Waals surface area contributed by atoms with Crippen molar-refractivity contribution in [1.29, 1.82) is 0 Å². The molecule has 0 saturated carbocycles. The van der Waals surface area contributed by atoms with Crippen molar-refractivity contribution in [2.45, 2.75) is 38.8 Å². The minimum Gasteiger partial charge on any atom is -0.289 e. The Morgan fingerprint density at radius 2 is 2.10 bits per heavy atom. The number of likely N-dealkylation sites (tertiary alicyclic amines) is 1. The zero-order chi connectivity index (χ0) is 13.8. The standard InChI is InChI=1S/C16H20N4/c1-13-17-10-8-15(19-13)16-7-3-5-11-20(16)12-14-6-2-4-9-18-14/h2,4,6,8-10,16H,3,5,7,11-12H2,1H3. The number of piperidine rings is 1.